The zero-order valence-corrected chi connectivity index (χ0v) is 12.5. The van der Waals surface area contributed by atoms with Crippen LogP contribution in [-0.2, 0) is 14.8 Å². The second-order valence-corrected chi connectivity index (χ2v) is 6.60. The van der Waals surface area contributed by atoms with Gasteiger partial charge < -0.3 is 0 Å². The number of hydrogen-bond donors (Lipinski definition) is 1. The van der Waals surface area contributed by atoms with Crippen molar-refractivity contribution in [1.82, 2.24) is 19.2 Å². The first-order chi connectivity index (χ1) is 9.89. The van der Waals surface area contributed by atoms with E-state index in [0.29, 0.717) is 5.02 Å². The predicted molar refractivity (Wildman–Crippen MR) is 75.7 cm³/mol. The van der Waals surface area contributed by atoms with Crippen LogP contribution in [-0.4, -0.2) is 47.1 Å². The summed E-state index contributed by atoms with van der Waals surface area (Å²) < 4.78 is 26.7. The third-order valence-corrected chi connectivity index (χ3v) is 4.63. The second-order valence-electron chi connectivity index (χ2n) is 4.12. The minimum absolute atomic E-state index is 0.0616. The molecule has 1 N–H and O–H groups in total. The van der Waals surface area contributed by atoms with Crippen LogP contribution in [0.15, 0.2) is 41.8 Å². The largest absolute Gasteiger partial charge is 0.272 e. The van der Waals surface area contributed by atoms with Crippen molar-refractivity contribution in [3.05, 3.63) is 41.9 Å². The second kappa shape index (κ2) is 6.20. The number of aromatic nitrogens is 3. The molecule has 2 aromatic rings. The SMILES string of the molecule is CN(CC(=O)Nn1cnnc1)S(=O)(=O)c1ccc(Cl)cc1. The van der Waals surface area contributed by atoms with E-state index in [9.17, 15) is 13.2 Å². The zero-order valence-electron chi connectivity index (χ0n) is 11.0. The molecule has 0 spiro atoms. The van der Waals surface area contributed by atoms with Gasteiger partial charge in [0.05, 0.1) is 11.4 Å². The van der Waals surface area contributed by atoms with E-state index in [4.69, 9.17) is 11.6 Å². The van der Waals surface area contributed by atoms with Gasteiger partial charge in [0.1, 0.15) is 12.7 Å². The number of halogens is 1. The summed E-state index contributed by atoms with van der Waals surface area (Å²) in [5.41, 5.74) is 2.41. The van der Waals surface area contributed by atoms with Gasteiger partial charge >= 0.3 is 0 Å². The summed E-state index contributed by atoms with van der Waals surface area (Å²) in [6, 6.07) is 5.71. The summed E-state index contributed by atoms with van der Waals surface area (Å²) in [5, 5.41) is 7.46. The number of rotatable bonds is 5. The van der Waals surface area contributed by atoms with Crippen molar-refractivity contribution in [2.24, 2.45) is 0 Å². The fourth-order valence-electron chi connectivity index (χ4n) is 1.51. The van der Waals surface area contributed by atoms with Gasteiger partial charge in [-0.1, -0.05) is 11.6 Å². The Kier molecular flexibility index (Phi) is 4.56. The molecule has 0 aliphatic carbocycles. The molecule has 21 heavy (non-hydrogen) atoms. The molecular weight excluding hydrogens is 318 g/mol. The molecule has 112 valence electrons. The maximum Gasteiger partial charge on any atom is 0.254 e. The van der Waals surface area contributed by atoms with Crippen molar-refractivity contribution >= 4 is 27.5 Å². The number of nitrogens with one attached hydrogen (secondary N) is 1. The van der Waals surface area contributed by atoms with E-state index in [2.05, 4.69) is 15.6 Å². The number of carbonyl (C=O) groups excluding carboxylic acids is 1. The molecule has 8 nitrogen and oxygen atoms in total. The molecule has 0 aliphatic rings. The Labute approximate surface area is 126 Å². The molecule has 0 bridgehead atoms. The van der Waals surface area contributed by atoms with Gasteiger partial charge in [-0.15, -0.1) is 10.2 Å². The molecule has 0 unspecified atom stereocenters. The Balaban J connectivity index is 2.06. The maximum atomic E-state index is 12.3. The Morgan fingerprint density at radius 2 is 1.86 bits per heavy atom. The maximum absolute atomic E-state index is 12.3. The first-order valence-electron chi connectivity index (χ1n) is 5.76. The Morgan fingerprint density at radius 1 is 1.29 bits per heavy atom. The van der Waals surface area contributed by atoms with Crippen molar-refractivity contribution in [2.45, 2.75) is 4.90 Å². The number of hydrogen-bond acceptors (Lipinski definition) is 5. The van der Waals surface area contributed by atoms with E-state index in [1.807, 2.05) is 0 Å². The van der Waals surface area contributed by atoms with E-state index in [0.717, 1.165) is 4.31 Å². The van der Waals surface area contributed by atoms with E-state index in [-0.39, 0.29) is 11.4 Å². The molecule has 1 aromatic heterocycles. The normalized spacial score (nSPS) is 11.6. The van der Waals surface area contributed by atoms with Crippen LogP contribution in [0.1, 0.15) is 0 Å². The fraction of sp³-hybridized carbons (Fsp3) is 0.182. The zero-order chi connectivity index (χ0) is 15.5. The third kappa shape index (κ3) is 3.78. The topological polar surface area (TPSA) is 97.2 Å². The van der Waals surface area contributed by atoms with Gasteiger partial charge in [-0.05, 0) is 24.3 Å². The predicted octanol–water partition coefficient (Wildman–Crippen LogP) is 0.322. The van der Waals surface area contributed by atoms with Crippen molar-refractivity contribution in [1.29, 1.82) is 0 Å². The van der Waals surface area contributed by atoms with Gasteiger partial charge in [0.15, 0.2) is 0 Å². The van der Waals surface area contributed by atoms with Crippen LogP contribution in [0.5, 0.6) is 0 Å². The Hall–Kier alpha value is -1.97. The minimum atomic E-state index is -3.76. The van der Waals surface area contributed by atoms with Gasteiger partial charge in [-0.2, -0.15) is 4.31 Å². The highest BCUT2D eigenvalue weighted by Crippen LogP contribution is 2.17. The highest BCUT2D eigenvalue weighted by molar-refractivity contribution is 7.89. The number of benzene rings is 1. The van der Waals surface area contributed by atoms with Crippen LogP contribution < -0.4 is 5.43 Å². The highest BCUT2D eigenvalue weighted by atomic mass is 35.5. The van der Waals surface area contributed by atoms with E-state index in [1.54, 1.807) is 0 Å². The van der Waals surface area contributed by atoms with Gasteiger partial charge in [0.2, 0.25) is 10.0 Å². The average molecular weight is 330 g/mol. The molecule has 0 aliphatic heterocycles. The monoisotopic (exact) mass is 329 g/mol. The first kappa shape index (κ1) is 15.4. The van der Waals surface area contributed by atoms with Gasteiger partial charge in [-0.3, -0.25) is 10.2 Å². The number of likely N-dealkylation sites (N-methyl/N-ethyl adjacent to an activating group) is 1. The van der Waals surface area contributed by atoms with Crippen LogP contribution in [0.25, 0.3) is 0 Å². The summed E-state index contributed by atoms with van der Waals surface area (Å²) in [5.74, 6) is -0.519. The third-order valence-electron chi connectivity index (χ3n) is 2.56. The molecule has 0 saturated carbocycles. The number of nitrogens with zero attached hydrogens (tertiary/aromatic N) is 4. The van der Waals surface area contributed by atoms with Crippen molar-refractivity contribution in [3.63, 3.8) is 0 Å². The summed E-state index contributed by atoms with van der Waals surface area (Å²) in [6.07, 6.45) is 2.57. The van der Waals surface area contributed by atoms with Crippen LogP contribution >= 0.6 is 11.6 Å². The fourth-order valence-corrected chi connectivity index (χ4v) is 2.76. The molecule has 1 amide bonds. The highest BCUT2D eigenvalue weighted by Gasteiger charge is 2.22. The molecule has 0 atom stereocenters. The van der Waals surface area contributed by atoms with Crippen molar-refractivity contribution < 1.29 is 13.2 Å². The molecule has 0 fully saturated rings. The molecule has 2 rings (SSSR count). The standard InChI is InChI=1S/C11H12ClN5O3S/c1-16(6-11(18)15-17-7-13-14-8-17)21(19,20)10-4-2-9(12)3-5-10/h2-5,7-8H,6H2,1H3,(H,15,18). The summed E-state index contributed by atoms with van der Waals surface area (Å²) in [4.78, 5) is 11.8. The van der Waals surface area contributed by atoms with Gasteiger partial charge in [0.25, 0.3) is 5.91 Å². The molecule has 0 saturated heterocycles. The van der Waals surface area contributed by atoms with Crippen molar-refractivity contribution in [3.8, 4) is 0 Å². The lowest BCUT2D eigenvalue weighted by Crippen LogP contribution is -2.37. The van der Waals surface area contributed by atoms with Crippen LogP contribution in [0.4, 0.5) is 0 Å². The van der Waals surface area contributed by atoms with E-state index < -0.39 is 15.9 Å². The van der Waals surface area contributed by atoms with Crippen LogP contribution in [0.2, 0.25) is 5.02 Å². The van der Waals surface area contributed by atoms with E-state index >= 15 is 0 Å². The number of carbonyl (C=O) groups is 1. The van der Waals surface area contributed by atoms with Gasteiger partial charge in [0, 0.05) is 12.1 Å². The van der Waals surface area contributed by atoms with E-state index in [1.165, 1.54) is 48.6 Å². The molecule has 1 aromatic carbocycles. The van der Waals surface area contributed by atoms with Crippen molar-refractivity contribution in [2.75, 3.05) is 19.0 Å². The number of sulfonamides is 1. The lowest BCUT2D eigenvalue weighted by Gasteiger charge is -2.16. The summed E-state index contributed by atoms with van der Waals surface area (Å²) in [6.45, 7) is -0.344. The Morgan fingerprint density at radius 3 is 2.43 bits per heavy atom. The quantitative estimate of drug-likeness (QED) is 0.852. The molecule has 0 radical (unpaired) electrons. The summed E-state index contributed by atoms with van der Waals surface area (Å²) >= 11 is 5.72. The molecule has 1 heterocycles. The smallest absolute Gasteiger partial charge is 0.254 e. The van der Waals surface area contributed by atoms with Crippen LogP contribution in [0.3, 0.4) is 0 Å². The first-order valence-corrected chi connectivity index (χ1v) is 7.58. The Bertz CT molecular complexity index is 715. The number of amides is 1. The average Bonchev–Trinajstić information content (AvgIpc) is 2.91. The minimum Gasteiger partial charge on any atom is -0.272 e. The summed E-state index contributed by atoms with van der Waals surface area (Å²) in [7, 11) is -2.44. The van der Waals surface area contributed by atoms with Gasteiger partial charge in [-0.25, -0.2) is 13.1 Å². The van der Waals surface area contributed by atoms with Crippen LogP contribution in [0, 0.1) is 0 Å². The lowest BCUT2D eigenvalue weighted by atomic mass is 10.4. The lowest BCUT2D eigenvalue weighted by molar-refractivity contribution is -0.117. The molecule has 10 heteroatoms. The molecular formula is C11H12ClN5O3S.